The van der Waals surface area contributed by atoms with Crippen molar-refractivity contribution in [2.24, 2.45) is 16.6 Å². The number of rotatable bonds is 4. The lowest BCUT2D eigenvalue weighted by atomic mass is 10.1. The molecule has 20 heavy (non-hydrogen) atoms. The van der Waals surface area contributed by atoms with Gasteiger partial charge < -0.3 is 15.4 Å². The highest BCUT2D eigenvalue weighted by molar-refractivity contribution is 5.78. The van der Waals surface area contributed by atoms with Crippen molar-refractivity contribution in [3.63, 3.8) is 0 Å². The molecule has 2 aliphatic heterocycles. The second-order valence-corrected chi connectivity index (χ2v) is 6.39. The molecule has 0 spiro atoms. The fourth-order valence-electron chi connectivity index (χ4n) is 2.99. The van der Waals surface area contributed by atoms with E-state index in [0.717, 1.165) is 39.3 Å². The number of piperidine rings is 1. The van der Waals surface area contributed by atoms with Crippen molar-refractivity contribution in [2.75, 3.05) is 45.9 Å². The Morgan fingerprint density at radius 2 is 2.00 bits per heavy atom. The molecule has 2 saturated heterocycles. The van der Waals surface area contributed by atoms with Gasteiger partial charge in [-0.25, -0.2) is 0 Å². The van der Waals surface area contributed by atoms with Crippen molar-refractivity contribution >= 4 is 5.96 Å². The molecular weight excluding hydrogens is 252 g/mol. The van der Waals surface area contributed by atoms with E-state index in [-0.39, 0.29) is 6.10 Å². The third kappa shape index (κ3) is 4.94. The van der Waals surface area contributed by atoms with Gasteiger partial charge in [0.1, 0.15) is 0 Å². The van der Waals surface area contributed by atoms with Crippen LogP contribution in [-0.2, 0) is 4.74 Å². The molecule has 2 N–H and O–H groups in total. The first-order valence-electron chi connectivity index (χ1n) is 8.04. The van der Waals surface area contributed by atoms with Crippen molar-refractivity contribution in [2.45, 2.75) is 39.2 Å². The van der Waals surface area contributed by atoms with E-state index in [1.807, 2.05) is 0 Å². The molecule has 2 rings (SSSR count). The second kappa shape index (κ2) is 7.84. The summed E-state index contributed by atoms with van der Waals surface area (Å²) in [6.45, 7) is 11.3. The van der Waals surface area contributed by atoms with E-state index in [0.29, 0.717) is 18.4 Å². The van der Waals surface area contributed by atoms with Gasteiger partial charge in [0.05, 0.1) is 19.3 Å². The molecule has 0 radical (unpaired) electrons. The fraction of sp³-hybridized carbons (Fsp3) is 0.933. The number of likely N-dealkylation sites (tertiary alicyclic amines) is 1. The summed E-state index contributed by atoms with van der Waals surface area (Å²) in [6.07, 6.45) is 3.99. The monoisotopic (exact) mass is 282 g/mol. The molecule has 0 amide bonds. The highest BCUT2D eigenvalue weighted by atomic mass is 16.5. The van der Waals surface area contributed by atoms with E-state index >= 15 is 0 Å². The number of hydrogen-bond acceptors (Lipinski definition) is 3. The van der Waals surface area contributed by atoms with Crippen LogP contribution in [0.4, 0.5) is 0 Å². The topological polar surface area (TPSA) is 54.1 Å². The van der Waals surface area contributed by atoms with Crippen molar-refractivity contribution in [3.05, 3.63) is 0 Å². The summed E-state index contributed by atoms with van der Waals surface area (Å²) in [5, 5.41) is 0. The van der Waals surface area contributed by atoms with Crippen molar-refractivity contribution in [1.82, 2.24) is 9.80 Å². The number of morpholine rings is 1. The van der Waals surface area contributed by atoms with E-state index in [9.17, 15) is 0 Å². The van der Waals surface area contributed by atoms with Crippen LogP contribution in [0.15, 0.2) is 4.99 Å². The number of nitrogens with two attached hydrogens (primary N) is 1. The summed E-state index contributed by atoms with van der Waals surface area (Å²) >= 11 is 0. The van der Waals surface area contributed by atoms with Gasteiger partial charge in [-0.05, 0) is 25.2 Å². The van der Waals surface area contributed by atoms with E-state index in [2.05, 4.69) is 28.6 Å². The molecule has 0 aliphatic carbocycles. The summed E-state index contributed by atoms with van der Waals surface area (Å²) in [6, 6.07) is 0. The Balaban J connectivity index is 1.77. The molecule has 2 fully saturated rings. The smallest absolute Gasteiger partial charge is 0.191 e. The Bertz CT molecular complexity index is 313. The maximum absolute atomic E-state index is 6.09. The summed E-state index contributed by atoms with van der Waals surface area (Å²) in [5.74, 6) is 1.41. The molecule has 2 heterocycles. The Labute approximate surface area is 123 Å². The minimum atomic E-state index is 0.200. The van der Waals surface area contributed by atoms with Gasteiger partial charge in [0, 0.05) is 32.7 Å². The number of ether oxygens (including phenoxy) is 1. The molecule has 1 unspecified atom stereocenters. The third-order valence-corrected chi connectivity index (χ3v) is 3.98. The van der Waals surface area contributed by atoms with Crippen LogP contribution in [0, 0.1) is 5.92 Å². The van der Waals surface area contributed by atoms with Crippen LogP contribution in [-0.4, -0.2) is 67.7 Å². The highest BCUT2D eigenvalue weighted by Gasteiger charge is 2.21. The Morgan fingerprint density at radius 3 is 2.70 bits per heavy atom. The fourth-order valence-corrected chi connectivity index (χ4v) is 2.99. The largest absolute Gasteiger partial charge is 0.374 e. The van der Waals surface area contributed by atoms with Crippen LogP contribution in [0.3, 0.4) is 0 Å². The van der Waals surface area contributed by atoms with E-state index in [1.54, 1.807) is 0 Å². The van der Waals surface area contributed by atoms with Gasteiger partial charge in [0.25, 0.3) is 0 Å². The standard InChI is InChI=1S/C15H30N4O/c1-13(2)11-18-8-9-20-14(12-18)10-17-15(16)19-6-4-3-5-7-19/h13-14H,3-12H2,1-2H3,(H2,16,17). The summed E-state index contributed by atoms with van der Waals surface area (Å²) in [7, 11) is 0. The van der Waals surface area contributed by atoms with Crippen molar-refractivity contribution in [1.29, 1.82) is 0 Å². The molecule has 1 atom stereocenters. The molecule has 2 aliphatic rings. The van der Waals surface area contributed by atoms with E-state index < -0.39 is 0 Å². The first-order chi connectivity index (χ1) is 9.65. The Morgan fingerprint density at radius 1 is 1.25 bits per heavy atom. The Kier molecular flexibility index (Phi) is 6.10. The van der Waals surface area contributed by atoms with Crippen molar-refractivity contribution < 1.29 is 4.74 Å². The second-order valence-electron chi connectivity index (χ2n) is 6.39. The minimum absolute atomic E-state index is 0.200. The molecule has 5 heteroatoms. The van der Waals surface area contributed by atoms with E-state index in [1.165, 1.54) is 19.3 Å². The number of guanidine groups is 1. The lowest BCUT2D eigenvalue weighted by molar-refractivity contribution is -0.0262. The Hall–Kier alpha value is -0.810. The van der Waals surface area contributed by atoms with Crippen LogP contribution in [0.25, 0.3) is 0 Å². The number of aliphatic imine (C=N–C) groups is 1. The maximum atomic E-state index is 6.09. The first kappa shape index (κ1) is 15.6. The van der Waals surface area contributed by atoms with Crippen LogP contribution in [0.2, 0.25) is 0 Å². The van der Waals surface area contributed by atoms with Crippen LogP contribution >= 0.6 is 0 Å². The molecule has 0 aromatic carbocycles. The van der Waals surface area contributed by atoms with Crippen LogP contribution < -0.4 is 5.73 Å². The average Bonchev–Trinajstić information content (AvgIpc) is 2.45. The van der Waals surface area contributed by atoms with Gasteiger partial charge in [-0.1, -0.05) is 13.8 Å². The van der Waals surface area contributed by atoms with Gasteiger partial charge in [-0.3, -0.25) is 9.89 Å². The van der Waals surface area contributed by atoms with Gasteiger partial charge in [0.2, 0.25) is 0 Å². The third-order valence-electron chi connectivity index (χ3n) is 3.98. The molecule has 0 aromatic rings. The molecule has 0 bridgehead atoms. The SMILES string of the molecule is CC(C)CN1CCOC(CN=C(N)N2CCCCC2)C1. The summed E-state index contributed by atoms with van der Waals surface area (Å²) in [5.41, 5.74) is 6.09. The zero-order chi connectivity index (χ0) is 14.4. The quantitative estimate of drug-likeness (QED) is 0.621. The molecular formula is C15H30N4O. The molecule has 0 saturated carbocycles. The maximum Gasteiger partial charge on any atom is 0.191 e. The van der Waals surface area contributed by atoms with Gasteiger partial charge in [-0.15, -0.1) is 0 Å². The first-order valence-corrected chi connectivity index (χ1v) is 8.04. The van der Waals surface area contributed by atoms with Gasteiger partial charge in [-0.2, -0.15) is 0 Å². The lowest BCUT2D eigenvalue weighted by Crippen LogP contribution is -2.46. The normalized spacial score (nSPS) is 26.2. The number of nitrogens with zero attached hydrogens (tertiary/aromatic N) is 3. The van der Waals surface area contributed by atoms with Gasteiger partial charge >= 0.3 is 0 Å². The summed E-state index contributed by atoms with van der Waals surface area (Å²) < 4.78 is 5.80. The number of hydrogen-bond donors (Lipinski definition) is 1. The predicted molar refractivity (Wildman–Crippen MR) is 82.9 cm³/mol. The van der Waals surface area contributed by atoms with Crippen LogP contribution in [0.1, 0.15) is 33.1 Å². The zero-order valence-corrected chi connectivity index (χ0v) is 13.1. The zero-order valence-electron chi connectivity index (χ0n) is 13.1. The molecule has 5 nitrogen and oxygen atoms in total. The average molecular weight is 282 g/mol. The highest BCUT2D eigenvalue weighted by Crippen LogP contribution is 2.10. The summed E-state index contributed by atoms with van der Waals surface area (Å²) in [4.78, 5) is 9.24. The minimum Gasteiger partial charge on any atom is -0.374 e. The lowest BCUT2D eigenvalue weighted by Gasteiger charge is -2.33. The predicted octanol–water partition coefficient (Wildman–Crippen LogP) is 1.14. The van der Waals surface area contributed by atoms with Crippen LogP contribution in [0.5, 0.6) is 0 Å². The van der Waals surface area contributed by atoms with E-state index in [4.69, 9.17) is 10.5 Å². The van der Waals surface area contributed by atoms with Crippen molar-refractivity contribution in [3.8, 4) is 0 Å². The van der Waals surface area contributed by atoms with Gasteiger partial charge in [0.15, 0.2) is 5.96 Å². The molecule has 0 aromatic heterocycles. The molecule has 116 valence electrons.